The first-order chi connectivity index (χ1) is 9.45. The molecule has 0 nitrogen and oxygen atoms in total. The Morgan fingerprint density at radius 2 is 0.650 bits per heavy atom. The minimum Gasteiger partial charge on any atom is -0.0622 e. The first-order valence-corrected chi connectivity index (χ1v) is 7.74. The van der Waals surface area contributed by atoms with E-state index in [4.69, 9.17) is 0 Å². The van der Waals surface area contributed by atoms with Gasteiger partial charge in [0.2, 0.25) is 0 Å². The zero-order chi connectivity index (χ0) is 12.9. The van der Waals surface area contributed by atoms with Gasteiger partial charge in [-0.2, -0.15) is 0 Å². The molecule has 0 unspecified atom stereocenters. The second-order valence-corrected chi connectivity index (χ2v) is 6.56. The summed E-state index contributed by atoms with van der Waals surface area (Å²) in [4.78, 5) is 0. The maximum Gasteiger partial charge on any atom is -0.0134 e. The summed E-state index contributed by atoms with van der Waals surface area (Å²) in [6, 6.07) is 32.3. The molecule has 0 bridgehead atoms. The Bertz CT molecular complexity index is 529. The predicted octanol–water partition coefficient (Wildman–Crippen LogP) is 2.26. The van der Waals surface area contributed by atoms with E-state index < -0.39 is 7.92 Å². The predicted molar refractivity (Wildman–Crippen MR) is 95.1 cm³/mol. The summed E-state index contributed by atoms with van der Waals surface area (Å²) in [6.45, 7) is 0. The monoisotopic (exact) mass is 386 g/mol. The molecule has 0 aliphatic rings. The summed E-state index contributed by atoms with van der Waals surface area (Å²) in [5.74, 6) is 0. The van der Waals surface area contributed by atoms with Crippen LogP contribution in [0.3, 0.4) is 0 Å². The minimum atomic E-state index is -0.446. The molecule has 0 saturated carbocycles. The minimum absolute atomic E-state index is 0. The van der Waals surface area contributed by atoms with Gasteiger partial charge in [-0.1, -0.05) is 91.0 Å². The van der Waals surface area contributed by atoms with Gasteiger partial charge in [0.25, 0.3) is 0 Å². The summed E-state index contributed by atoms with van der Waals surface area (Å²) in [6.07, 6.45) is 0. The van der Waals surface area contributed by atoms with E-state index in [1.807, 2.05) is 0 Å². The third-order valence-electron chi connectivity index (χ3n) is 3.04. The first kappa shape index (κ1) is 15.3. The third-order valence-corrected chi connectivity index (χ3v) is 5.49. The number of hydrogen-bond donors (Lipinski definition) is 0. The van der Waals surface area contributed by atoms with Crippen LogP contribution in [0.5, 0.6) is 0 Å². The molecule has 20 heavy (non-hydrogen) atoms. The van der Waals surface area contributed by atoms with E-state index in [1.54, 1.807) is 0 Å². The Morgan fingerprint density at radius 3 is 0.900 bits per heavy atom. The molecular formula is C18H18PSb. The number of hydrogen-bond acceptors (Lipinski definition) is 0. The van der Waals surface area contributed by atoms with E-state index in [2.05, 4.69) is 91.0 Å². The van der Waals surface area contributed by atoms with Crippen molar-refractivity contribution in [1.82, 2.24) is 0 Å². The molecule has 0 saturated heterocycles. The van der Waals surface area contributed by atoms with Crippen LogP contribution in [0.25, 0.3) is 0 Å². The first-order valence-electron chi connectivity index (χ1n) is 6.40. The fourth-order valence-corrected chi connectivity index (χ4v) is 4.48. The Balaban J connectivity index is 0.00000147. The normalized spacial score (nSPS) is 10.1. The molecule has 0 aliphatic heterocycles. The molecular weight excluding hydrogens is 369 g/mol. The van der Waals surface area contributed by atoms with E-state index in [9.17, 15) is 0 Å². The molecule has 3 rings (SSSR count). The second kappa shape index (κ2) is 7.63. The Kier molecular flexibility index (Phi) is 5.83. The molecule has 3 aromatic rings. The van der Waals surface area contributed by atoms with E-state index in [0.29, 0.717) is 0 Å². The van der Waals surface area contributed by atoms with Gasteiger partial charge >= 0.3 is 24.4 Å². The van der Waals surface area contributed by atoms with Crippen LogP contribution in [0.4, 0.5) is 0 Å². The molecule has 0 N–H and O–H groups in total. The summed E-state index contributed by atoms with van der Waals surface area (Å²) >= 11 is 0. The second-order valence-electron chi connectivity index (χ2n) is 4.34. The van der Waals surface area contributed by atoms with Crippen LogP contribution in [-0.4, -0.2) is 24.4 Å². The van der Waals surface area contributed by atoms with Crippen LogP contribution in [0, 0.1) is 0 Å². The van der Waals surface area contributed by atoms with Crippen molar-refractivity contribution >= 4 is 48.3 Å². The van der Waals surface area contributed by atoms with Gasteiger partial charge in [-0.15, -0.1) is 0 Å². The van der Waals surface area contributed by atoms with Crippen molar-refractivity contribution in [2.24, 2.45) is 0 Å². The van der Waals surface area contributed by atoms with Crippen LogP contribution in [-0.2, 0) is 0 Å². The van der Waals surface area contributed by atoms with Crippen LogP contribution in [0.1, 0.15) is 0 Å². The molecule has 100 valence electrons. The molecule has 3 aromatic carbocycles. The summed E-state index contributed by atoms with van der Waals surface area (Å²) < 4.78 is 0. The molecule has 0 aromatic heterocycles. The molecule has 0 spiro atoms. The summed E-state index contributed by atoms with van der Waals surface area (Å²) in [5.41, 5.74) is 0. The fraction of sp³-hybridized carbons (Fsp3) is 0. The molecule has 0 atom stereocenters. The number of rotatable bonds is 3. The smallest absolute Gasteiger partial charge is 0.0134 e. The van der Waals surface area contributed by atoms with Crippen molar-refractivity contribution in [3.8, 4) is 0 Å². The Labute approximate surface area is 139 Å². The van der Waals surface area contributed by atoms with Crippen molar-refractivity contribution in [3.05, 3.63) is 91.0 Å². The van der Waals surface area contributed by atoms with E-state index >= 15 is 0 Å². The molecule has 2 heteroatoms. The van der Waals surface area contributed by atoms with Gasteiger partial charge in [0.1, 0.15) is 0 Å². The summed E-state index contributed by atoms with van der Waals surface area (Å²) in [7, 11) is -0.446. The average Bonchev–Trinajstić information content (AvgIpc) is 2.51. The van der Waals surface area contributed by atoms with Gasteiger partial charge in [0.05, 0.1) is 0 Å². The van der Waals surface area contributed by atoms with Gasteiger partial charge in [0.15, 0.2) is 0 Å². The third kappa shape index (κ3) is 3.51. The maximum absolute atomic E-state index is 2.23. The van der Waals surface area contributed by atoms with Crippen LogP contribution in [0.15, 0.2) is 91.0 Å². The quantitative estimate of drug-likeness (QED) is 0.478. The SMILES string of the molecule is [SbH3].c1ccc(P(c2ccccc2)c2ccccc2)cc1. The fourth-order valence-electron chi connectivity index (χ4n) is 2.18. The molecule has 0 heterocycles. The van der Waals surface area contributed by atoms with Crippen molar-refractivity contribution < 1.29 is 0 Å². The largest absolute Gasteiger partial charge is 0.0622 e. The van der Waals surface area contributed by atoms with E-state index in [0.717, 1.165) is 0 Å². The van der Waals surface area contributed by atoms with Crippen molar-refractivity contribution in [3.63, 3.8) is 0 Å². The Hall–Kier alpha value is -1.09. The van der Waals surface area contributed by atoms with Crippen molar-refractivity contribution in [2.75, 3.05) is 0 Å². The number of benzene rings is 3. The zero-order valence-electron chi connectivity index (χ0n) is 11.3. The topological polar surface area (TPSA) is 0 Å². The molecule has 0 fully saturated rings. The van der Waals surface area contributed by atoms with Crippen LogP contribution >= 0.6 is 7.92 Å². The van der Waals surface area contributed by atoms with Gasteiger partial charge in [-0.05, 0) is 23.8 Å². The van der Waals surface area contributed by atoms with Gasteiger partial charge in [-0.25, -0.2) is 0 Å². The van der Waals surface area contributed by atoms with E-state index in [1.165, 1.54) is 15.9 Å². The van der Waals surface area contributed by atoms with Crippen molar-refractivity contribution in [2.45, 2.75) is 0 Å². The van der Waals surface area contributed by atoms with Gasteiger partial charge < -0.3 is 0 Å². The molecule has 0 amide bonds. The zero-order valence-corrected chi connectivity index (χ0v) is 16.2. The average molecular weight is 387 g/mol. The van der Waals surface area contributed by atoms with Crippen LogP contribution in [0.2, 0.25) is 0 Å². The Morgan fingerprint density at radius 1 is 0.400 bits per heavy atom. The van der Waals surface area contributed by atoms with Crippen molar-refractivity contribution in [1.29, 1.82) is 0 Å². The standard InChI is InChI=1S/C18H15P.Sb.3H/c1-4-10-16(11-5-1)19(17-12-6-2-7-13-17)18-14-8-3-9-15-18;;;;/h1-15H;;;;. The maximum atomic E-state index is 2.23. The summed E-state index contributed by atoms with van der Waals surface area (Å²) in [5, 5.41) is 4.19. The van der Waals surface area contributed by atoms with E-state index in [-0.39, 0.29) is 24.4 Å². The molecule has 0 radical (unpaired) electrons. The molecule has 0 aliphatic carbocycles. The van der Waals surface area contributed by atoms with Gasteiger partial charge in [0, 0.05) is 0 Å². The van der Waals surface area contributed by atoms with Crippen LogP contribution < -0.4 is 15.9 Å². The van der Waals surface area contributed by atoms with Gasteiger partial charge in [-0.3, -0.25) is 0 Å².